The fourth-order valence-corrected chi connectivity index (χ4v) is 2.12. The van der Waals surface area contributed by atoms with E-state index in [0.717, 1.165) is 39.0 Å². The molecule has 2 heterocycles. The van der Waals surface area contributed by atoms with Crippen molar-refractivity contribution in [3.8, 4) is 0 Å². The largest absolute Gasteiger partial charge is 0.375 e. The first-order chi connectivity index (χ1) is 6.20. The lowest BCUT2D eigenvalue weighted by atomic mass is 9.84. The van der Waals surface area contributed by atoms with Gasteiger partial charge in [-0.05, 0) is 19.3 Å². The van der Waals surface area contributed by atoms with E-state index in [-0.39, 0.29) is 12.1 Å². The summed E-state index contributed by atoms with van der Waals surface area (Å²) in [7, 11) is 0. The first-order valence-corrected chi connectivity index (χ1v) is 4.85. The van der Waals surface area contributed by atoms with Gasteiger partial charge in [-0.25, -0.2) is 8.78 Å². The summed E-state index contributed by atoms with van der Waals surface area (Å²) in [4.78, 5) is 1.83. The number of alkyl halides is 2. The summed E-state index contributed by atoms with van der Waals surface area (Å²) in [6, 6.07) is 0. The number of ether oxygens (including phenoxy) is 1. The van der Waals surface area contributed by atoms with Crippen molar-refractivity contribution in [3.05, 3.63) is 0 Å². The number of halogens is 2. The summed E-state index contributed by atoms with van der Waals surface area (Å²) < 4.78 is 29.6. The Hall–Kier alpha value is -0.220. The zero-order valence-electron chi connectivity index (χ0n) is 7.64. The highest BCUT2D eigenvalue weighted by molar-refractivity contribution is 4.92. The van der Waals surface area contributed by atoms with Crippen molar-refractivity contribution in [1.29, 1.82) is 0 Å². The normalized spacial score (nSPS) is 27.9. The number of piperidine rings is 1. The van der Waals surface area contributed by atoms with E-state index in [0.29, 0.717) is 0 Å². The van der Waals surface area contributed by atoms with E-state index in [2.05, 4.69) is 0 Å². The minimum atomic E-state index is -2.20. The second-order valence-corrected chi connectivity index (χ2v) is 3.97. The fourth-order valence-electron chi connectivity index (χ4n) is 2.12. The molecule has 0 aliphatic carbocycles. The highest BCUT2D eigenvalue weighted by atomic mass is 19.3. The van der Waals surface area contributed by atoms with Crippen molar-refractivity contribution < 1.29 is 13.5 Å². The van der Waals surface area contributed by atoms with Gasteiger partial charge in [0.1, 0.15) is 0 Å². The van der Waals surface area contributed by atoms with Gasteiger partial charge in [0.15, 0.2) is 0 Å². The molecule has 0 bridgehead atoms. The first kappa shape index (κ1) is 9.34. The van der Waals surface area contributed by atoms with Gasteiger partial charge in [0.25, 0.3) is 6.43 Å². The zero-order valence-corrected chi connectivity index (χ0v) is 7.64. The average Bonchev–Trinajstić information content (AvgIpc) is 2.02. The molecule has 2 aliphatic heterocycles. The highest BCUT2D eigenvalue weighted by Gasteiger charge is 2.41. The molecular formula is C9H15F2NO. The SMILES string of the molecule is FC(F)CN1CCC2(CCO2)CC1. The van der Waals surface area contributed by atoms with Crippen LogP contribution in [0.15, 0.2) is 0 Å². The van der Waals surface area contributed by atoms with Crippen LogP contribution in [0.5, 0.6) is 0 Å². The van der Waals surface area contributed by atoms with E-state index in [4.69, 9.17) is 4.74 Å². The Bertz CT molecular complexity index is 172. The minimum Gasteiger partial charge on any atom is -0.375 e. The quantitative estimate of drug-likeness (QED) is 0.656. The topological polar surface area (TPSA) is 12.5 Å². The maximum atomic E-state index is 12.0. The van der Waals surface area contributed by atoms with Crippen LogP contribution >= 0.6 is 0 Å². The highest BCUT2D eigenvalue weighted by Crippen LogP contribution is 2.36. The van der Waals surface area contributed by atoms with Gasteiger partial charge in [-0.1, -0.05) is 0 Å². The van der Waals surface area contributed by atoms with Crippen molar-refractivity contribution in [2.75, 3.05) is 26.2 Å². The maximum Gasteiger partial charge on any atom is 0.251 e. The first-order valence-electron chi connectivity index (χ1n) is 4.85. The van der Waals surface area contributed by atoms with Crippen LogP contribution in [0.1, 0.15) is 19.3 Å². The van der Waals surface area contributed by atoms with Crippen LogP contribution in [0.4, 0.5) is 8.78 Å². The van der Waals surface area contributed by atoms with Gasteiger partial charge < -0.3 is 4.74 Å². The molecule has 0 unspecified atom stereocenters. The molecule has 13 heavy (non-hydrogen) atoms. The average molecular weight is 191 g/mol. The number of nitrogens with zero attached hydrogens (tertiary/aromatic N) is 1. The Kier molecular flexibility index (Phi) is 2.51. The van der Waals surface area contributed by atoms with Crippen molar-refractivity contribution in [2.24, 2.45) is 0 Å². The predicted octanol–water partition coefficient (Wildman–Crippen LogP) is 1.51. The van der Waals surface area contributed by atoms with E-state index >= 15 is 0 Å². The standard InChI is InChI=1S/C9H15F2NO/c10-8(11)7-12-4-1-9(2-5-12)3-6-13-9/h8H,1-7H2. The van der Waals surface area contributed by atoms with Crippen LogP contribution in [0.3, 0.4) is 0 Å². The molecule has 4 heteroatoms. The summed E-state index contributed by atoms with van der Waals surface area (Å²) in [5, 5.41) is 0. The van der Waals surface area contributed by atoms with Crippen LogP contribution in [-0.2, 0) is 4.74 Å². The second-order valence-electron chi connectivity index (χ2n) is 3.97. The molecule has 0 atom stereocenters. The van der Waals surface area contributed by atoms with Crippen molar-refractivity contribution in [3.63, 3.8) is 0 Å². The molecule has 0 aromatic heterocycles. The fraction of sp³-hybridized carbons (Fsp3) is 1.00. The molecule has 76 valence electrons. The van der Waals surface area contributed by atoms with Crippen LogP contribution in [0, 0.1) is 0 Å². The van der Waals surface area contributed by atoms with Crippen LogP contribution in [0.25, 0.3) is 0 Å². The molecule has 0 amide bonds. The lowest BCUT2D eigenvalue weighted by molar-refractivity contribution is -0.174. The zero-order chi connectivity index (χ0) is 9.31. The van der Waals surface area contributed by atoms with E-state index in [1.54, 1.807) is 0 Å². The minimum absolute atomic E-state index is 0.0733. The predicted molar refractivity (Wildman–Crippen MR) is 45.0 cm³/mol. The Balaban J connectivity index is 1.76. The van der Waals surface area contributed by atoms with E-state index in [9.17, 15) is 8.78 Å². The number of rotatable bonds is 2. The molecule has 0 N–H and O–H groups in total. The van der Waals surface area contributed by atoms with Gasteiger partial charge in [0.2, 0.25) is 0 Å². The lowest BCUT2D eigenvalue weighted by Gasteiger charge is -2.47. The number of likely N-dealkylation sites (tertiary alicyclic amines) is 1. The van der Waals surface area contributed by atoms with Gasteiger partial charge in [0, 0.05) is 13.1 Å². The van der Waals surface area contributed by atoms with Crippen LogP contribution in [-0.4, -0.2) is 43.2 Å². The summed E-state index contributed by atoms with van der Waals surface area (Å²) in [6.45, 7) is 2.32. The maximum absolute atomic E-state index is 12.0. The van der Waals surface area contributed by atoms with Crippen LogP contribution in [0.2, 0.25) is 0 Å². The van der Waals surface area contributed by atoms with E-state index in [1.807, 2.05) is 4.90 Å². The molecule has 2 aliphatic rings. The second kappa shape index (κ2) is 3.50. The molecule has 2 rings (SSSR count). The lowest BCUT2D eigenvalue weighted by Crippen LogP contribution is -2.52. The van der Waals surface area contributed by atoms with Crippen molar-refractivity contribution in [2.45, 2.75) is 31.3 Å². The molecule has 0 aromatic rings. The van der Waals surface area contributed by atoms with Gasteiger partial charge >= 0.3 is 0 Å². The smallest absolute Gasteiger partial charge is 0.251 e. The Morgan fingerprint density at radius 2 is 1.85 bits per heavy atom. The summed E-state index contributed by atoms with van der Waals surface area (Å²) >= 11 is 0. The Labute approximate surface area is 76.9 Å². The molecule has 0 aromatic carbocycles. The van der Waals surface area contributed by atoms with Crippen molar-refractivity contribution in [1.82, 2.24) is 4.90 Å². The molecule has 0 radical (unpaired) electrons. The van der Waals surface area contributed by atoms with Gasteiger partial charge in [-0.15, -0.1) is 0 Å². The summed E-state index contributed by atoms with van der Waals surface area (Å²) in [5.41, 5.74) is 0.0820. The molecular weight excluding hydrogens is 176 g/mol. The van der Waals surface area contributed by atoms with Crippen molar-refractivity contribution >= 4 is 0 Å². The third-order valence-corrected chi connectivity index (χ3v) is 3.13. The molecule has 1 spiro atoms. The van der Waals surface area contributed by atoms with Gasteiger partial charge in [-0.3, -0.25) is 4.90 Å². The van der Waals surface area contributed by atoms with Crippen LogP contribution < -0.4 is 0 Å². The van der Waals surface area contributed by atoms with Gasteiger partial charge in [0.05, 0.1) is 18.8 Å². The van der Waals surface area contributed by atoms with E-state index < -0.39 is 6.43 Å². The van der Waals surface area contributed by atoms with Gasteiger partial charge in [-0.2, -0.15) is 0 Å². The molecule has 2 saturated heterocycles. The molecule has 0 saturated carbocycles. The number of hydrogen-bond donors (Lipinski definition) is 0. The molecule has 2 fully saturated rings. The third kappa shape index (κ3) is 1.99. The Morgan fingerprint density at radius 1 is 1.23 bits per heavy atom. The van der Waals surface area contributed by atoms with E-state index in [1.165, 1.54) is 0 Å². The third-order valence-electron chi connectivity index (χ3n) is 3.13. The molecule has 2 nitrogen and oxygen atoms in total. The summed E-state index contributed by atoms with van der Waals surface area (Å²) in [5.74, 6) is 0. The Morgan fingerprint density at radius 3 is 2.23 bits per heavy atom. The summed E-state index contributed by atoms with van der Waals surface area (Å²) in [6.07, 6.45) is 0.783. The monoisotopic (exact) mass is 191 g/mol. The number of hydrogen-bond acceptors (Lipinski definition) is 2.